The van der Waals surface area contributed by atoms with Gasteiger partial charge in [0.2, 0.25) is 11.8 Å². The van der Waals surface area contributed by atoms with Crippen molar-refractivity contribution in [1.82, 2.24) is 10.2 Å². The molecule has 21 heavy (non-hydrogen) atoms. The number of halogens is 2. The minimum Gasteiger partial charge on any atom is -0.355 e. The molecule has 1 N–H and O–H groups in total. The Bertz CT molecular complexity index is 498. The average molecular weight is 294 g/mol. The molecule has 1 aromatic carbocycles. The van der Waals surface area contributed by atoms with Crippen LogP contribution in [0.5, 0.6) is 0 Å². The largest absolute Gasteiger partial charge is 0.355 e. The minimum atomic E-state index is -2.48. The number of benzene rings is 1. The van der Waals surface area contributed by atoms with Gasteiger partial charge < -0.3 is 5.32 Å². The minimum absolute atomic E-state index is 0.0112. The zero-order valence-electron chi connectivity index (χ0n) is 11.9. The van der Waals surface area contributed by atoms with Crippen molar-refractivity contribution in [3.8, 4) is 0 Å². The monoisotopic (exact) mass is 294 g/mol. The Morgan fingerprint density at radius 3 is 2.62 bits per heavy atom. The molecule has 2 fully saturated rings. The van der Waals surface area contributed by atoms with E-state index in [1.54, 1.807) is 0 Å². The molecule has 114 valence electrons. The second-order valence-corrected chi connectivity index (χ2v) is 6.11. The second kappa shape index (κ2) is 5.72. The van der Waals surface area contributed by atoms with Gasteiger partial charge in [0.25, 0.3) is 0 Å². The van der Waals surface area contributed by atoms with E-state index >= 15 is 0 Å². The first-order valence-corrected chi connectivity index (χ1v) is 7.47. The van der Waals surface area contributed by atoms with E-state index in [4.69, 9.17) is 0 Å². The molecule has 1 heterocycles. The SMILES string of the molecule is O=C1CC(c2ccccc2)N(CC2CC(F)(F)C2)CCN1. The summed E-state index contributed by atoms with van der Waals surface area (Å²) in [4.78, 5) is 14.0. The van der Waals surface area contributed by atoms with Crippen LogP contribution in [0, 0.1) is 5.92 Å². The van der Waals surface area contributed by atoms with E-state index in [0.717, 1.165) is 5.56 Å². The Hall–Kier alpha value is -1.49. The first kappa shape index (κ1) is 14.4. The maximum atomic E-state index is 13.0. The lowest BCUT2D eigenvalue weighted by molar-refractivity contribution is -0.123. The summed E-state index contributed by atoms with van der Waals surface area (Å²) in [6, 6.07) is 9.85. The van der Waals surface area contributed by atoms with Crippen molar-refractivity contribution in [3.05, 3.63) is 35.9 Å². The van der Waals surface area contributed by atoms with Gasteiger partial charge in [0, 0.05) is 44.9 Å². The summed E-state index contributed by atoms with van der Waals surface area (Å²) in [5, 5.41) is 2.87. The molecule has 1 aliphatic heterocycles. The van der Waals surface area contributed by atoms with E-state index in [9.17, 15) is 13.6 Å². The van der Waals surface area contributed by atoms with Crippen LogP contribution in [-0.4, -0.2) is 36.4 Å². The lowest BCUT2D eigenvalue weighted by Gasteiger charge is -2.40. The molecule has 5 heteroatoms. The van der Waals surface area contributed by atoms with Gasteiger partial charge in [0.05, 0.1) is 0 Å². The topological polar surface area (TPSA) is 32.3 Å². The van der Waals surface area contributed by atoms with Crippen molar-refractivity contribution in [2.75, 3.05) is 19.6 Å². The number of alkyl halides is 2. The van der Waals surface area contributed by atoms with Crippen LogP contribution in [0.15, 0.2) is 30.3 Å². The highest BCUT2D eigenvalue weighted by molar-refractivity contribution is 5.77. The zero-order valence-corrected chi connectivity index (χ0v) is 11.9. The van der Waals surface area contributed by atoms with Crippen molar-refractivity contribution < 1.29 is 13.6 Å². The molecular formula is C16H20F2N2O. The van der Waals surface area contributed by atoms with Crippen LogP contribution in [0.3, 0.4) is 0 Å². The van der Waals surface area contributed by atoms with Gasteiger partial charge in [-0.15, -0.1) is 0 Å². The predicted octanol–water partition coefficient (Wildman–Crippen LogP) is 2.59. The van der Waals surface area contributed by atoms with Crippen LogP contribution >= 0.6 is 0 Å². The Kier molecular flexibility index (Phi) is 3.93. The van der Waals surface area contributed by atoms with E-state index < -0.39 is 5.92 Å². The molecule has 3 nitrogen and oxygen atoms in total. The molecule has 1 amide bonds. The third-order valence-electron chi connectivity index (χ3n) is 4.39. The van der Waals surface area contributed by atoms with E-state index in [-0.39, 0.29) is 30.7 Å². The fourth-order valence-corrected chi connectivity index (χ4v) is 3.34. The maximum Gasteiger partial charge on any atom is 0.248 e. The smallest absolute Gasteiger partial charge is 0.248 e. The molecule has 1 atom stereocenters. The number of hydrogen-bond acceptors (Lipinski definition) is 2. The van der Waals surface area contributed by atoms with Gasteiger partial charge in [0.1, 0.15) is 0 Å². The van der Waals surface area contributed by atoms with Gasteiger partial charge in [-0.3, -0.25) is 9.69 Å². The van der Waals surface area contributed by atoms with Crippen LogP contribution in [0.1, 0.15) is 30.9 Å². The molecule has 1 saturated heterocycles. The number of carbonyl (C=O) groups excluding carboxylic acids is 1. The number of rotatable bonds is 3. The highest BCUT2D eigenvalue weighted by Crippen LogP contribution is 2.43. The molecule has 1 aromatic rings. The van der Waals surface area contributed by atoms with Crippen molar-refractivity contribution in [2.45, 2.75) is 31.2 Å². The molecule has 0 aromatic heterocycles. The maximum absolute atomic E-state index is 13.0. The summed E-state index contributed by atoms with van der Waals surface area (Å²) in [6.07, 6.45) is 0.353. The quantitative estimate of drug-likeness (QED) is 0.929. The molecule has 1 aliphatic carbocycles. The molecule has 3 rings (SSSR count). The second-order valence-electron chi connectivity index (χ2n) is 6.11. The molecular weight excluding hydrogens is 274 g/mol. The Balaban J connectivity index is 1.73. The normalized spacial score (nSPS) is 26.8. The standard InChI is InChI=1S/C16H20F2N2O/c17-16(18)9-12(10-16)11-20-7-6-19-15(21)8-14(20)13-4-2-1-3-5-13/h1-5,12,14H,6-11H2,(H,19,21). The molecule has 0 radical (unpaired) electrons. The van der Waals surface area contributed by atoms with Crippen molar-refractivity contribution in [1.29, 1.82) is 0 Å². The van der Waals surface area contributed by atoms with Gasteiger partial charge >= 0.3 is 0 Å². The Morgan fingerprint density at radius 1 is 1.24 bits per heavy atom. The molecule has 0 bridgehead atoms. The lowest BCUT2D eigenvalue weighted by atomic mass is 9.80. The fraction of sp³-hybridized carbons (Fsp3) is 0.562. The first-order chi connectivity index (χ1) is 10.0. The average Bonchev–Trinajstić information content (AvgIpc) is 2.60. The lowest BCUT2D eigenvalue weighted by Crippen LogP contribution is -2.44. The van der Waals surface area contributed by atoms with Crippen LogP contribution in [-0.2, 0) is 4.79 Å². The molecule has 2 aliphatic rings. The summed E-state index contributed by atoms with van der Waals surface area (Å²) in [5.41, 5.74) is 1.08. The van der Waals surface area contributed by atoms with Gasteiger partial charge in [0.15, 0.2) is 0 Å². The zero-order chi connectivity index (χ0) is 14.9. The Labute approximate surface area is 123 Å². The van der Waals surface area contributed by atoms with Crippen molar-refractivity contribution in [2.24, 2.45) is 5.92 Å². The Morgan fingerprint density at radius 2 is 1.95 bits per heavy atom. The number of amides is 1. The highest BCUT2D eigenvalue weighted by Gasteiger charge is 2.46. The van der Waals surface area contributed by atoms with Crippen molar-refractivity contribution in [3.63, 3.8) is 0 Å². The van der Waals surface area contributed by atoms with E-state index in [1.165, 1.54) is 0 Å². The summed E-state index contributed by atoms with van der Waals surface area (Å²) < 4.78 is 26.0. The third-order valence-corrected chi connectivity index (χ3v) is 4.39. The summed E-state index contributed by atoms with van der Waals surface area (Å²) in [5.74, 6) is -2.41. The molecule has 1 saturated carbocycles. The predicted molar refractivity (Wildman–Crippen MR) is 76.1 cm³/mol. The summed E-state index contributed by atoms with van der Waals surface area (Å²) in [7, 11) is 0. The van der Waals surface area contributed by atoms with Crippen LogP contribution in [0.4, 0.5) is 8.78 Å². The van der Waals surface area contributed by atoms with E-state index in [0.29, 0.717) is 26.1 Å². The van der Waals surface area contributed by atoms with Gasteiger partial charge in [-0.1, -0.05) is 30.3 Å². The summed E-state index contributed by atoms with van der Waals surface area (Å²) >= 11 is 0. The third kappa shape index (κ3) is 3.40. The number of nitrogens with one attached hydrogen (secondary N) is 1. The fourth-order valence-electron chi connectivity index (χ4n) is 3.34. The van der Waals surface area contributed by atoms with Gasteiger partial charge in [-0.25, -0.2) is 8.78 Å². The van der Waals surface area contributed by atoms with Gasteiger partial charge in [-0.05, 0) is 11.5 Å². The number of nitrogens with zero attached hydrogens (tertiary/aromatic N) is 1. The van der Waals surface area contributed by atoms with E-state index in [1.807, 2.05) is 30.3 Å². The van der Waals surface area contributed by atoms with Gasteiger partial charge in [-0.2, -0.15) is 0 Å². The number of hydrogen-bond donors (Lipinski definition) is 1. The number of carbonyl (C=O) groups is 1. The van der Waals surface area contributed by atoms with Crippen LogP contribution in [0.2, 0.25) is 0 Å². The van der Waals surface area contributed by atoms with Crippen molar-refractivity contribution >= 4 is 5.91 Å². The highest BCUT2D eigenvalue weighted by atomic mass is 19.3. The van der Waals surface area contributed by atoms with Crippen LogP contribution < -0.4 is 5.32 Å². The van der Waals surface area contributed by atoms with E-state index in [2.05, 4.69) is 10.2 Å². The molecule has 1 unspecified atom stereocenters. The van der Waals surface area contributed by atoms with Crippen LogP contribution in [0.25, 0.3) is 0 Å². The summed E-state index contributed by atoms with van der Waals surface area (Å²) in [6.45, 7) is 1.95. The first-order valence-electron chi connectivity index (χ1n) is 7.47. The molecule has 0 spiro atoms.